The van der Waals surface area contributed by atoms with E-state index in [1.807, 2.05) is 12.1 Å². The maximum absolute atomic E-state index is 6.52. The lowest BCUT2D eigenvalue weighted by Gasteiger charge is -2.23. The molecule has 0 aliphatic carbocycles. The predicted molar refractivity (Wildman–Crippen MR) is 125 cm³/mol. The average molecular weight is 430 g/mol. The third-order valence-electron chi connectivity index (χ3n) is 7.01. The summed E-state index contributed by atoms with van der Waals surface area (Å²) in [4.78, 5) is 9.55. The SMILES string of the molecule is C[C@H]1[C@@H](c2ccccc2)OC(c2cccc(C3O[C@H](c4ccccc4)[C@H](C)N3C)n2)N1C. The Kier molecular flexibility index (Phi) is 5.82. The van der Waals surface area contributed by atoms with Crippen LogP contribution in [0.2, 0.25) is 0 Å². The fraction of sp³-hybridized carbons (Fsp3) is 0.370. The molecule has 0 spiro atoms. The van der Waals surface area contributed by atoms with Gasteiger partial charge in [-0.05, 0) is 51.2 Å². The molecule has 2 aromatic carbocycles. The molecule has 6 atom stereocenters. The van der Waals surface area contributed by atoms with E-state index in [2.05, 4.69) is 104 Å². The quantitative estimate of drug-likeness (QED) is 0.565. The third kappa shape index (κ3) is 3.76. The second-order valence-electron chi connectivity index (χ2n) is 8.94. The van der Waals surface area contributed by atoms with Crippen LogP contribution in [-0.4, -0.2) is 41.0 Å². The van der Waals surface area contributed by atoms with E-state index >= 15 is 0 Å². The zero-order valence-electron chi connectivity index (χ0n) is 19.1. The molecule has 0 saturated carbocycles. The van der Waals surface area contributed by atoms with Crippen LogP contribution in [0.4, 0.5) is 0 Å². The van der Waals surface area contributed by atoms with E-state index in [0.29, 0.717) is 0 Å². The Morgan fingerprint density at radius 1 is 0.594 bits per heavy atom. The number of ether oxygens (including phenoxy) is 2. The van der Waals surface area contributed by atoms with Crippen molar-refractivity contribution in [2.75, 3.05) is 14.1 Å². The van der Waals surface area contributed by atoms with Gasteiger partial charge in [0.2, 0.25) is 0 Å². The lowest BCUT2D eigenvalue weighted by atomic mass is 10.0. The molecule has 2 aliphatic rings. The normalized spacial score (nSPS) is 31.2. The highest BCUT2D eigenvalue weighted by Gasteiger charge is 2.42. The van der Waals surface area contributed by atoms with Gasteiger partial charge in [-0.2, -0.15) is 0 Å². The van der Waals surface area contributed by atoms with Crippen molar-refractivity contribution in [2.24, 2.45) is 0 Å². The number of benzene rings is 2. The van der Waals surface area contributed by atoms with Crippen molar-refractivity contribution in [1.29, 1.82) is 0 Å². The molecule has 3 aromatic rings. The zero-order chi connectivity index (χ0) is 22.2. The first-order valence-electron chi connectivity index (χ1n) is 11.4. The molecule has 0 radical (unpaired) electrons. The molecule has 1 aromatic heterocycles. The molecule has 32 heavy (non-hydrogen) atoms. The zero-order valence-corrected chi connectivity index (χ0v) is 19.1. The minimum absolute atomic E-state index is 0.0181. The second kappa shape index (κ2) is 8.75. The van der Waals surface area contributed by atoms with Gasteiger partial charge in [0.25, 0.3) is 0 Å². The minimum Gasteiger partial charge on any atom is -0.348 e. The van der Waals surface area contributed by atoms with Crippen LogP contribution in [0, 0.1) is 0 Å². The Labute approximate surface area is 190 Å². The molecule has 2 fully saturated rings. The number of nitrogens with zero attached hydrogens (tertiary/aromatic N) is 3. The van der Waals surface area contributed by atoms with Gasteiger partial charge < -0.3 is 9.47 Å². The standard InChI is InChI=1S/C27H31N3O2/c1-18-24(20-12-7-5-8-13-20)31-26(29(18)3)22-16-11-17-23(28-22)27-30(4)19(2)25(32-27)21-14-9-6-10-15-21/h5-19,24-27H,1-4H3/t18-,19-,24-,25-,26?,27?/m0/s1. The summed E-state index contributed by atoms with van der Waals surface area (Å²) in [5.41, 5.74) is 4.24. The van der Waals surface area contributed by atoms with Crippen LogP contribution in [0.5, 0.6) is 0 Å². The van der Waals surface area contributed by atoms with E-state index in [1.54, 1.807) is 0 Å². The first-order chi connectivity index (χ1) is 15.5. The van der Waals surface area contributed by atoms with E-state index in [4.69, 9.17) is 14.5 Å². The van der Waals surface area contributed by atoms with Crippen LogP contribution in [0.3, 0.4) is 0 Å². The van der Waals surface area contributed by atoms with Gasteiger partial charge in [0.1, 0.15) is 12.2 Å². The van der Waals surface area contributed by atoms with Crippen molar-refractivity contribution in [1.82, 2.24) is 14.8 Å². The van der Waals surface area contributed by atoms with Gasteiger partial charge in [0.05, 0.1) is 11.4 Å². The molecular formula is C27H31N3O2. The lowest BCUT2D eigenvalue weighted by Crippen LogP contribution is -2.29. The van der Waals surface area contributed by atoms with Crippen LogP contribution < -0.4 is 0 Å². The van der Waals surface area contributed by atoms with Gasteiger partial charge in [-0.1, -0.05) is 66.7 Å². The summed E-state index contributed by atoms with van der Waals surface area (Å²) < 4.78 is 13.0. The highest BCUT2D eigenvalue weighted by molar-refractivity contribution is 5.24. The Morgan fingerprint density at radius 3 is 1.41 bits per heavy atom. The summed E-state index contributed by atoms with van der Waals surface area (Å²) in [6.07, 6.45) is -0.345. The largest absolute Gasteiger partial charge is 0.348 e. The van der Waals surface area contributed by atoms with Gasteiger partial charge in [-0.25, -0.2) is 4.98 Å². The van der Waals surface area contributed by atoms with Crippen molar-refractivity contribution in [3.8, 4) is 0 Å². The van der Waals surface area contributed by atoms with E-state index in [-0.39, 0.29) is 36.7 Å². The Morgan fingerprint density at radius 2 is 1.00 bits per heavy atom. The summed E-state index contributed by atoms with van der Waals surface area (Å²) in [5.74, 6) is 0. The predicted octanol–water partition coefficient (Wildman–Crippen LogP) is 5.26. The van der Waals surface area contributed by atoms with Crippen molar-refractivity contribution in [2.45, 2.75) is 50.6 Å². The first-order valence-corrected chi connectivity index (χ1v) is 11.4. The highest BCUT2D eigenvalue weighted by atomic mass is 16.5. The number of hydrogen-bond acceptors (Lipinski definition) is 5. The van der Waals surface area contributed by atoms with Gasteiger partial charge in [0.15, 0.2) is 12.5 Å². The fourth-order valence-corrected chi connectivity index (χ4v) is 4.85. The number of likely N-dealkylation sites (N-methyl/N-ethyl adjacent to an activating group) is 2. The van der Waals surface area contributed by atoms with Gasteiger partial charge in [-0.3, -0.25) is 9.80 Å². The Hall–Kier alpha value is -2.57. The summed E-state index contributed by atoms with van der Waals surface area (Å²) in [7, 11) is 4.22. The topological polar surface area (TPSA) is 37.8 Å². The molecule has 3 heterocycles. The van der Waals surface area contributed by atoms with E-state index < -0.39 is 0 Å². The maximum Gasteiger partial charge on any atom is 0.154 e. The van der Waals surface area contributed by atoms with E-state index in [9.17, 15) is 0 Å². The van der Waals surface area contributed by atoms with Crippen LogP contribution in [0.25, 0.3) is 0 Å². The molecule has 2 saturated heterocycles. The Bertz CT molecular complexity index is 964. The minimum atomic E-state index is -0.191. The number of rotatable bonds is 4. The highest BCUT2D eigenvalue weighted by Crippen LogP contribution is 2.43. The summed E-state index contributed by atoms with van der Waals surface area (Å²) in [5, 5.41) is 0. The smallest absolute Gasteiger partial charge is 0.154 e. The van der Waals surface area contributed by atoms with Crippen LogP contribution in [0.15, 0.2) is 78.9 Å². The summed E-state index contributed by atoms with van der Waals surface area (Å²) in [6, 6.07) is 27.5. The third-order valence-corrected chi connectivity index (χ3v) is 7.01. The molecule has 2 unspecified atom stereocenters. The van der Waals surface area contributed by atoms with Crippen molar-refractivity contribution >= 4 is 0 Å². The molecule has 5 rings (SSSR count). The van der Waals surface area contributed by atoms with Gasteiger partial charge in [-0.15, -0.1) is 0 Å². The molecule has 5 nitrogen and oxygen atoms in total. The molecule has 2 aliphatic heterocycles. The van der Waals surface area contributed by atoms with Crippen LogP contribution in [0.1, 0.15) is 61.0 Å². The summed E-state index contributed by atoms with van der Waals surface area (Å²) in [6.45, 7) is 4.42. The van der Waals surface area contributed by atoms with Crippen molar-refractivity contribution in [3.63, 3.8) is 0 Å². The second-order valence-corrected chi connectivity index (χ2v) is 8.94. The van der Waals surface area contributed by atoms with Gasteiger partial charge >= 0.3 is 0 Å². The van der Waals surface area contributed by atoms with Crippen LogP contribution in [-0.2, 0) is 9.47 Å². The molecule has 166 valence electrons. The molecule has 0 amide bonds. The average Bonchev–Trinajstić information content (AvgIpc) is 3.31. The van der Waals surface area contributed by atoms with E-state index in [1.165, 1.54) is 11.1 Å². The Balaban J connectivity index is 1.39. The number of pyridine rings is 1. The molecule has 5 heteroatoms. The maximum atomic E-state index is 6.52. The van der Waals surface area contributed by atoms with Crippen LogP contribution >= 0.6 is 0 Å². The molecular weight excluding hydrogens is 398 g/mol. The molecule has 0 bridgehead atoms. The summed E-state index contributed by atoms with van der Waals surface area (Å²) >= 11 is 0. The fourth-order valence-electron chi connectivity index (χ4n) is 4.85. The monoisotopic (exact) mass is 429 g/mol. The van der Waals surface area contributed by atoms with E-state index in [0.717, 1.165) is 11.4 Å². The van der Waals surface area contributed by atoms with Crippen molar-refractivity contribution in [3.05, 3.63) is 101 Å². The van der Waals surface area contributed by atoms with Gasteiger partial charge in [0, 0.05) is 12.1 Å². The number of aromatic nitrogens is 1. The van der Waals surface area contributed by atoms with Crippen molar-refractivity contribution < 1.29 is 9.47 Å². The lowest BCUT2D eigenvalue weighted by molar-refractivity contribution is -0.00481. The molecule has 0 N–H and O–H groups in total. The number of hydrogen-bond donors (Lipinski definition) is 0. The first kappa shape index (κ1) is 21.3.